The van der Waals surface area contributed by atoms with Gasteiger partial charge in [0, 0.05) is 24.7 Å². The SMILES string of the molecule is CC(C)(Oc1ccccc1)[C@@H]1OC[C@H](C/C=C\CCC(=O)O)[C@H](c2cccnc2)O1. The molecule has 0 spiro atoms. The van der Waals surface area contributed by atoms with Crippen LogP contribution < -0.4 is 4.74 Å². The van der Waals surface area contributed by atoms with Crippen LogP contribution in [0.2, 0.25) is 0 Å². The van der Waals surface area contributed by atoms with Gasteiger partial charge in [-0.1, -0.05) is 36.4 Å². The molecule has 0 amide bonds. The normalized spacial score (nSPS) is 22.1. The number of ether oxygens (including phenoxy) is 3. The van der Waals surface area contributed by atoms with Crippen LogP contribution in [0, 0.1) is 5.92 Å². The largest absolute Gasteiger partial charge is 0.483 e. The molecular weight excluding hydrogens is 382 g/mol. The van der Waals surface area contributed by atoms with Gasteiger partial charge in [0.1, 0.15) is 5.75 Å². The summed E-state index contributed by atoms with van der Waals surface area (Å²) in [6, 6.07) is 13.5. The Kier molecular flexibility index (Phi) is 7.60. The molecule has 160 valence electrons. The number of hydrogen-bond donors (Lipinski definition) is 1. The summed E-state index contributed by atoms with van der Waals surface area (Å²) in [5.74, 6) is 0.0656. The number of aliphatic carboxylic acids is 1. The van der Waals surface area contributed by atoms with E-state index in [1.165, 1.54) is 0 Å². The summed E-state index contributed by atoms with van der Waals surface area (Å²) in [5, 5.41) is 8.77. The minimum Gasteiger partial charge on any atom is -0.483 e. The predicted molar refractivity (Wildman–Crippen MR) is 113 cm³/mol. The summed E-state index contributed by atoms with van der Waals surface area (Å²) in [6.07, 6.45) is 8.11. The van der Waals surface area contributed by atoms with Crippen molar-refractivity contribution in [2.45, 2.75) is 51.1 Å². The smallest absolute Gasteiger partial charge is 0.303 e. The zero-order valence-corrected chi connectivity index (χ0v) is 17.4. The van der Waals surface area contributed by atoms with E-state index in [1.807, 2.05) is 74.7 Å². The van der Waals surface area contributed by atoms with E-state index in [1.54, 1.807) is 6.20 Å². The summed E-state index contributed by atoms with van der Waals surface area (Å²) in [6.45, 7) is 4.42. The zero-order chi connectivity index (χ0) is 21.4. The van der Waals surface area contributed by atoms with Gasteiger partial charge in [-0.05, 0) is 50.5 Å². The summed E-state index contributed by atoms with van der Waals surface area (Å²) < 4.78 is 18.6. The average molecular weight is 411 g/mol. The Labute approximate surface area is 177 Å². The Balaban J connectivity index is 1.70. The number of carboxylic acids is 1. The second-order valence-electron chi connectivity index (χ2n) is 7.93. The lowest BCUT2D eigenvalue weighted by molar-refractivity contribution is -0.288. The lowest BCUT2D eigenvalue weighted by atomic mass is 9.92. The van der Waals surface area contributed by atoms with E-state index in [2.05, 4.69) is 4.98 Å². The van der Waals surface area contributed by atoms with Gasteiger partial charge in [-0.3, -0.25) is 9.78 Å². The van der Waals surface area contributed by atoms with Crippen LogP contribution >= 0.6 is 0 Å². The van der Waals surface area contributed by atoms with Crippen molar-refractivity contribution in [3.05, 3.63) is 72.6 Å². The van der Waals surface area contributed by atoms with Crippen LogP contribution in [0.1, 0.15) is 44.8 Å². The van der Waals surface area contributed by atoms with Crippen molar-refractivity contribution in [3.63, 3.8) is 0 Å². The van der Waals surface area contributed by atoms with Gasteiger partial charge in [0.25, 0.3) is 0 Å². The lowest BCUT2D eigenvalue weighted by Crippen LogP contribution is -2.50. The summed E-state index contributed by atoms with van der Waals surface area (Å²) >= 11 is 0. The third-order valence-corrected chi connectivity index (χ3v) is 5.00. The maximum atomic E-state index is 10.7. The van der Waals surface area contributed by atoms with Gasteiger partial charge in [-0.15, -0.1) is 0 Å². The Morgan fingerprint density at radius 3 is 2.73 bits per heavy atom. The van der Waals surface area contributed by atoms with E-state index in [4.69, 9.17) is 19.3 Å². The molecule has 1 aromatic carbocycles. The highest BCUT2D eigenvalue weighted by atomic mass is 16.7. The number of carboxylic acid groups (broad SMARTS) is 1. The molecule has 2 aromatic rings. The first-order valence-corrected chi connectivity index (χ1v) is 10.2. The second-order valence-corrected chi connectivity index (χ2v) is 7.93. The van der Waals surface area contributed by atoms with Crippen molar-refractivity contribution in [2.24, 2.45) is 5.92 Å². The number of rotatable bonds is 9. The molecule has 1 aromatic heterocycles. The Hall–Kier alpha value is -2.70. The van der Waals surface area contributed by atoms with Gasteiger partial charge in [-0.2, -0.15) is 0 Å². The van der Waals surface area contributed by atoms with Crippen LogP contribution in [0.4, 0.5) is 0 Å². The molecule has 3 atom stereocenters. The molecule has 1 aliphatic rings. The highest BCUT2D eigenvalue weighted by Crippen LogP contribution is 2.38. The number of benzene rings is 1. The van der Waals surface area contributed by atoms with Crippen molar-refractivity contribution in [3.8, 4) is 5.75 Å². The monoisotopic (exact) mass is 411 g/mol. The van der Waals surface area contributed by atoms with Gasteiger partial charge in [0.05, 0.1) is 12.7 Å². The number of carbonyl (C=O) groups is 1. The fraction of sp³-hybridized carbons (Fsp3) is 0.417. The van der Waals surface area contributed by atoms with E-state index in [0.717, 1.165) is 17.7 Å². The zero-order valence-electron chi connectivity index (χ0n) is 17.4. The molecule has 3 rings (SSSR count). The molecule has 2 heterocycles. The van der Waals surface area contributed by atoms with Gasteiger partial charge >= 0.3 is 5.97 Å². The summed E-state index contributed by atoms with van der Waals surface area (Å²) in [4.78, 5) is 14.9. The highest BCUT2D eigenvalue weighted by Gasteiger charge is 2.42. The number of pyridine rings is 1. The molecule has 1 fully saturated rings. The first-order chi connectivity index (χ1) is 14.5. The minimum absolute atomic E-state index is 0.0963. The Morgan fingerprint density at radius 2 is 2.03 bits per heavy atom. The fourth-order valence-electron chi connectivity index (χ4n) is 3.47. The van der Waals surface area contributed by atoms with Crippen LogP contribution in [-0.4, -0.2) is 34.6 Å². The standard InChI is InChI=1S/C24H29NO5/c1-24(2,30-20-12-6-4-7-13-20)23-28-17-19(10-5-3-8-14-21(26)27)22(29-23)18-11-9-15-25-16-18/h3-7,9,11-13,15-16,19,22-23H,8,10,14,17H2,1-2H3,(H,26,27)/b5-3-/t19-,22-,23+/m0/s1. The second kappa shape index (κ2) is 10.4. The van der Waals surface area contributed by atoms with E-state index < -0.39 is 17.9 Å². The van der Waals surface area contributed by atoms with E-state index in [9.17, 15) is 4.79 Å². The molecule has 1 aliphatic heterocycles. The molecule has 0 radical (unpaired) electrons. The van der Waals surface area contributed by atoms with E-state index >= 15 is 0 Å². The van der Waals surface area contributed by atoms with Crippen LogP contribution in [0.5, 0.6) is 5.75 Å². The summed E-state index contributed by atoms with van der Waals surface area (Å²) in [5.41, 5.74) is 0.301. The molecule has 6 nitrogen and oxygen atoms in total. The van der Waals surface area contributed by atoms with Gasteiger partial charge in [-0.25, -0.2) is 0 Å². The molecule has 1 N–H and O–H groups in total. The van der Waals surface area contributed by atoms with Crippen molar-refractivity contribution in [1.82, 2.24) is 4.98 Å². The Bertz CT molecular complexity index is 822. The van der Waals surface area contributed by atoms with Crippen molar-refractivity contribution in [1.29, 1.82) is 0 Å². The van der Waals surface area contributed by atoms with Crippen molar-refractivity contribution < 1.29 is 24.1 Å². The maximum absolute atomic E-state index is 10.7. The van der Waals surface area contributed by atoms with Crippen LogP contribution in [-0.2, 0) is 14.3 Å². The minimum atomic E-state index is -0.791. The van der Waals surface area contributed by atoms with Gasteiger partial charge in [0.2, 0.25) is 0 Å². The lowest BCUT2D eigenvalue weighted by Gasteiger charge is -2.42. The van der Waals surface area contributed by atoms with Crippen molar-refractivity contribution >= 4 is 5.97 Å². The number of hydrogen-bond acceptors (Lipinski definition) is 5. The molecular formula is C24H29NO5. The van der Waals surface area contributed by atoms with Gasteiger partial charge < -0.3 is 19.3 Å². The third kappa shape index (κ3) is 6.15. The molecule has 0 aliphatic carbocycles. The molecule has 0 unspecified atom stereocenters. The number of nitrogens with zero attached hydrogens (tertiary/aromatic N) is 1. The van der Waals surface area contributed by atoms with Crippen LogP contribution in [0.15, 0.2) is 67.0 Å². The topological polar surface area (TPSA) is 77.9 Å². The number of para-hydroxylation sites is 1. The van der Waals surface area contributed by atoms with E-state index in [-0.39, 0.29) is 18.4 Å². The first-order valence-electron chi connectivity index (χ1n) is 10.2. The Morgan fingerprint density at radius 1 is 1.23 bits per heavy atom. The quantitative estimate of drug-likeness (QED) is 0.598. The fourth-order valence-corrected chi connectivity index (χ4v) is 3.47. The predicted octanol–water partition coefficient (Wildman–Crippen LogP) is 4.78. The molecule has 0 bridgehead atoms. The number of aromatic nitrogens is 1. The summed E-state index contributed by atoms with van der Waals surface area (Å²) in [7, 11) is 0. The third-order valence-electron chi connectivity index (χ3n) is 5.00. The molecule has 0 saturated carbocycles. The van der Waals surface area contributed by atoms with Crippen molar-refractivity contribution in [2.75, 3.05) is 6.61 Å². The van der Waals surface area contributed by atoms with Crippen LogP contribution in [0.25, 0.3) is 0 Å². The number of allylic oxidation sites excluding steroid dienone is 2. The average Bonchev–Trinajstić information content (AvgIpc) is 2.74. The van der Waals surface area contributed by atoms with Gasteiger partial charge in [0.15, 0.2) is 11.9 Å². The molecule has 6 heteroatoms. The highest BCUT2D eigenvalue weighted by molar-refractivity contribution is 5.66. The maximum Gasteiger partial charge on any atom is 0.303 e. The molecule has 30 heavy (non-hydrogen) atoms. The molecule has 1 saturated heterocycles. The first kappa shape index (κ1) is 22.0. The van der Waals surface area contributed by atoms with Crippen LogP contribution in [0.3, 0.4) is 0 Å². The van der Waals surface area contributed by atoms with E-state index in [0.29, 0.717) is 13.0 Å².